The van der Waals surface area contributed by atoms with Crippen molar-refractivity contribution < 1.29 is 23.9 Å². The number of halogens is 1. The quantitative estimate of drug-likeness (QED) is 0.267. The van der Waals surface area contributed by atoms with Gasteiger partial charge in [-0.2, -0.15) is 0 Å². The van der Waals surface area contributed by atoms with E-state index in [2.05, 4.69) is 34.1 Å². The van der Waals surface area contributed by atoms with Gasteiger partial charge in [0.1, 0.15) is 13.2 Å². The maximum atomic E-state index is 13.0. The van der Waals surface area contributed by atoms with Crippen LogP contribution in [0.1, 0.15) is 37.3 Å². The third kappa shape index (κ3) is 6.15. The summed E-state index contributed by atoms with van der Waals surface area (Å²) in [5, 5.41) is 1.83. The second-order valence-corrected chi connectivity index (χ2v) is 11.2. The number of carbonyl (C=O) groups excluding carboxylic acids is 3. The van der Waals surface area contributed by atoms with Crippen molar-refractivity contribution >= 4 is 61.6 Å². The highest BCUT2D eigenvalue weighted by atomic mass is 79.9. The standard InChI is InChI=1S/C30H29BrN2O5S/c1-2-37-25-16-20(15-24(31)28(25)38-19-22-11-8-10-21-9-4-5-12-23(21)22)17-26-29(35)33(30(36)39-26)18-27(34)32-13-6-3-7-14-32/h4-5,8-12,15-17H,2-3,6-7,13-14,18-19H2,1H3/b26-17+. The van der Waals surface area contributed by atoms with E-state index in [1.54, 1.807) is 17.0 Å². The average Bonchev–Trinajstić information content (AvgIpc) is 3.20. The molecule has 9 heteroatoms. The molecule has 0 aliphatic carbocycles. The lowest BCUT2D eigenvalue weighted by Gasteiger charge is -2.27. The summed E-state index contributed by atoms with van der Waals surface area (Å²) in [7, 11) is 0. The van der Waals surface area contributed by atoms with Gasteiger partial charge in [0.05, 0.1) is 16.0 Å². The Hall–Kier alpha value is -3.30. The second-order valence-electron chi connectivity index (χ2n) is 9.40. The Morgan fingerprint density at radius 1 is 1.03 bits per heavy atom. The SMILES string of the molecule is CCOc1cc(/C=C2/SC(=O)N(CC(=O)N3CCCCC3)C2=O)cc(Br)c1OCc1cccc2ccccc12. The van der Waals surface area contributed by atoms with E-state index in [0.29, 0.717) is 47.8 Å². The molecular formula is C30H29BrN2O5S. The number of amides is 3. The van der Waals surface area contributed by atoms with Gasteiger partial charge in [-0.1, -0.05) is 42.5 Å². The molecule has 0 N–H and O–H groups in total. The molecule has 3 aromatic rings. The molecule has 0 saturated carbocycles. The largest absolute Gasteiger partial charge is 0.490 e. The number of ether oxygens (including phenoxy) is 2. The summed E-state index contributed by atoms with van der Waals surface area (Å²) < 4.78 is 12.8. The van der Waals surface area contributed by atoms with Crippen LogP contribution < -0.4 is 9.47 Å². The van der Waals surface area contributed by atoms with Gasteiger partial charge in [-0.05, 0) is 94.0 Å². The van der Waals surface area contributed by atoms with E-state index in [1.165, 1.54) is 0 Å². The fourth-order valence-electron chi connectivity index (χ4n) is 4.81. The Kier molecular flexibility index (Phi) is 8.57. The summed E-state index contributed by atoms with van der Waals surface area (Å²) in [5.41, 5.74) is 1.73. The number of hydrogen-bond donors (Lipinski definition) is 0. The maximum absolute atomic E-state index is 13.0. The van der Waals surface area contributed by atoms with Crippen molar-refractivity contribution in [3.8, 4) is 11.5 Å². The molecule has 3 amide bonds. The third-order valence-corrected chi connectivity index (χ3v) is 8.25. The molecule has 0 unspecified atom stereocenters. The summed E-state index contributed by atoms with van der Waals surface area (Å²) in [6, 6.07) is 17.9. The van der Waals surface area contributed by atoms with Crippen LogP contribution in [0.3, 0.4) is 0 Å². The van der Waals surface area contributed by atoms with Gasteiger partial charge in [0.15, 0.2) is 11.5 Å². The van der Waals surface area contributed by atoms with Crippen molar-refractivity contribution in [2.75, 3.05) is 26.2 Å². The Balaban J connectivity index is 1.34. The molecule has 2 fully saturated rings. The zero-order chi connectivity index (χ0) is 27.4. The molecule has 2 aliphatic rings. The number of piperidine rings is 1. The van der Waals surface area contributed by atoms with E-state index in [-0.39, 0.29) is 17.4 Å². The van der Waals surface area contributed by atoms with Crippen molar-refractivity contribution in [3.05, 3.63) is 75.1 Å². The molecule has 2 saturated heterocycles. The smallest absolute Gasteiger partial charge is 0.294 e. The summed E-state index contributed by atoms with van der Waals surface area (Å²) in [5.74, 6) is 0.438. The minimum absolute atomic E-state index is 0.188. The van der Waals surface area contributed by atoms with Crippen LogP contribution >= 0.6 is 27.7 Å². The number of carbonyl (C=O) groups is 3. The molecule has 0 atom stereocenters. The van der Waals surface area contributed by atoms with Gasteiger partial charge in [-0.15, -0.1) is 0 Å². The van der Waals surface area contributed by atoms with Gasteiger partial charge in [0.2, 0.25) is 5.91 Å². The Morgan fingerprint density at radius 2 is 1.79 bits per heavy atom. The highest BCUT2D eigenvalue weighted by Gasteiger charge is 2.37. The van der Waals surface area contributed by atoms with Gasteiger partial charge >= 0.3 is 0 Å². The molecule has 0 radical (unpaired) electrons. The van der Waals surface area contributed by atoms with E-state index in [0.717, 1.165) is 52.3 Å². The van der Waals surface area contributed by atoms with Crippen molar-refractivity contribution in [2.24, 2.45) is 0 Å². The predicted molar refractivity (Wildman–Crippen MR) is 157 cm³/mol. The van der Waals surface area contributed by atoms with Crippen LogP contribution in [0.2, 0.25) is 0 Å². The summed E-state index contributed by atoms with van der Waals surface area (Å²) in [4.78, 5) is 41.4. The molecule has 7 nitrogen and oxygen atoms in total. The maximum Gasteiger partial charge on any atom is 0.294 e. The van der Waals surface area contributed by atoms with Crippen LogP contribution in [0, 0.1) is 0 Å². The first-order valence-electron chi connectivity index (χ1n) is 13.0. The number of rotatable bonds is 8. The number of likely N-dealkylation sites (tertiary alicyclic amines) is 1. The number of imide groups is 1. The summed E-state index contributed by atoms with van der Waals surface area (Å²) >= 11 is 4.45. The fraction of sp³-hybridized carbons (Fsp3) is 0.300. The van der Waals surface area contributed by atoms with Crippen LogP contribution in [0.4, 0.5) is 4.79 Å². The monoisotopic (exact) mass is 608 g/mol. The molecule has 2 aliphatic heterocycles. The fourth-order valence-corrected chi connectivity index (χ4v) is 6.22. The van der Waals surface area contributed by atoms with Crippen LogP contribution in [-0.2, 0) is 16.2 Å². The lowest BCUT2D eigenvalue weighted by Crippen LogP contribution is -2.44. The Morgan fingerprint density at radius 3 is 2.59 bits per heavy atom. The van der Waals surface area contributed by atoms with Crippen molar-refractivity contribution in [1.82, 2.24) is 9.80 Å². The van der Waals surface area contributed by atoms with Crippen LogP contribution in [0.5, 0.6) is 11.5 Å². The first-order valence-corrected chi connectivity index (χ1v) is 14.6. The molecule has 2 heterocycles. The second kappa shape index (κ2) is 12.3. The molecule has 0 bridgehead atoms. The molecule has 0 aromatic heterocycles. The first kappa shape index (κ1) is 27.3. The normalized spacial score (nSPS) is 16.8. The average molecular weight is 610 g/mol. The Labute approximate surface area is 240 Å². The molecule has 202 valence electrons. The molecule has 39 heavy (non-hydrogen) atoms. The number of thioether (sulfide) groups is 1. The van der Waals surface area contributed by atoms with Crippen LogP contribution in [-0.4, -0.2) is 53.1 Å². The third-order valence-electron chi connectivity index (χ3n) is 6.76. The number of benzene rings is 3. The molecule has 0 spiro atoms. The van der Waals surface area contributed by atoms with Crippen molar-refractivity contribution in [1.29, 1.82) is 0 Å². The molecular weight excluding hydrogens is 580 g/mol. The lowest BCUT2D eigenvalue weighted by molar-refractivity contribution is -0.136. The van der Waals surface area contributed by atoms with E-state index >= 15 is 0 Å². The topological polar surface area (TPSA) is 76.2 Å². The highest BCUT2D eigenvalue weighted by Crippen LogP contribution is 2.40. The number of nitrogens with zero attached hydrogens (tertiary/aromatic N) is 2. The predicted octanol–water partition coefficient (Wildman–Crippen LogP) is 6.63. The molecule has 3 aromatic carbocycles. The van der Waals surface area contributed by atoms with Crippen LogP contribution in [0.15, 0.2) is 64.0 Å². The van der Waals surface area contributed by atoms with Gasteiger partial charge in [0, 0.05) is 13.1 Å². The van der Waals surface area contributed by atoms with Gasteiger partial charge in [-0.3, -0.25) is 19.3 Å². The minimum Gasteiger partial charge on any atom is -0.490 e. The van der Waals surface area contributed by atoms with E-state index in [1.807, 2.05) is 37.3 Å². The zero-order valence-corrected chi connectivity index (χ0v) is 24.1. The summed E-state index contributed by atoms with van der Waals surface area (Å²) in [6.07, 6.45) is 4.65. The number of hydrogen-bond acceptors (Lipinski definition) is 6. The van der Waals surface area contributed by atoms with Gasteiger partial charge < -0.3 is 14.4 Å². The summed E-state index contributed by atoms with van der Waals surface area (Å²) in [6.45, 7) is 3.79. The van der Waals surface area contributed by atoms with Crippen LogP contribution in [0.25, 0.3) is 16.8 Å². The van der Waals surface area contributed by atoms with Gasteiger partial charge in [0.25, 0.3) is 11.1 Å². The van der Waals surface area contributed by atoms with Crippen molar-refractivity contribution in [2.45, 2.75) is 32.8 Å². The van der Waals surface area contributed by atoms with E-state index in [4.69, 9.17) is 9.47 Å². The Bertz CT molecular complexity index is 1450. The lowest BCUT2D eigenvalue weighted by atomic mass is 10.1. The van der Waals surface area contributed by atoms with E-state index in [9.17, 15) is 14.4 Å². The van der Waals surface area contributed by atoms with Crippen molar-refractivity contribution in [3.63, 3.8) is 0 Å². The van der Waals surface area contributed by atoms with E-state index < -0.39 is 11.1 Å². The molecule has 5 rings (SSSR count). The number of fused-ring (bicyclic) bond motifs is 1. The minimum atomic E-state index is -0.458. The zero-order valence-electron chi connectivity index (χ0n) is 21.7. The highest BCUT2D eigenvalue weighted by molar-refractivity contribution is 9.10. The first-order chi connectivity index (χ1) is 18.9. The van der Waals surface area contributed by atoms with Gasteiger partial charge in [-0.25, -0.2) is 0 Å².